The summed E-state index contributed by atoms with van der Waals surface area (Å²) in [5.41, 5.74) is 3.87. The summed E-state index contributed by atoms with van der Waals surface area (Å²) in [6, 6.07) is 21.1. The van der Waals surface area contributed by atoms with E-state index in [2.05, 4.69) is 29.0 Å². The van der Waals surface area contributed by atoms with E-state index in [1.165, 1.54) is 18.9 Å². The first kappa shape index (κ1) is 32.0. The van der Waals surface area contributed by atoms with Crippen molar-refractivity contribution in [3.63, 3.8) is 0 Å². The van der Waals surface area contributed by atoms with Crippen LogP contribution in [0.1, 0.15) is 16.7 Å². The zero-order valence-corrected chi connectivity index (χ0v) is 23.3. The van der Waals surface area contributed by atoms with Gasteiger partial charge in [-0.3, -0.25) is 4.79 Å². The van der Waals surface area contributed by atoms with Crippen LogP contribution in [-0.4, -0.2) is 73.4 Å². The Morgan fingerprint density at radius 2 is 1.57 bits per heavy atom. The van der Waals surface area contributed by atoms with E-state index in [1.807, 2.05) is 36.4 Å². The van der Waals surface area contributed by atoms with Crippen LogP contribution in [0.15, 0.2) is 72.8 Å². The lowest BCUT2D eigenvalue weighted by molar-refractivity contribution is -0.192. The van der Waals surface area contributed by atoms with Gasteiger partial charge < -0.3 is 29.5 Å². The van der Waals surface area contributed by atoms with Crippen LogP contribution in [-0.2, 0) is 22.6 Å². The highest BCUT2D eigenvalue weighted by molar-refractivity contribution is 5.95. The van der Waals surface area contributed by atoms with Crippen molar-refractivity contribution < 1.29 is 42.4 Å². The topological polar surface area (TPSA) is 99.5 Å². The van der Waals surface area contributed by atoms with Gasteiger partial charge in [-0.2, -0.15) is 13.2 Å². The number of aliphatic carboxylic acids is 1. The lowest BCUT2D eigenvalue weighted by Crippen LogP contribution is -2.44. The van der Waals surface area contributed by atoms with E-state index >= 15 is 0 Å². The molecular weight excluding hydrogens is 553 g/mol. The second kappa shape index (κ2) is 14.9. The van der Waals surface area contributed by atoms with Crippen LogP contribution in [0.4, 0.5) is 18.9 Å². The Morgan fingerprint density at radius 1 is 0.952 bits per heavy atom. The number of allylic oxidation sites excluding steroid dienone is 1. The van der Waals surface area contributed by atoms with E-state index in [-0.39, 0.29) is 18.0 Å². The van der Waals surface area contributed by atoms with Gasteiger partial charge in [0.25, 0.3) is 0 Å². The number of hydrogen-bond acceptors (Lipinski definition) is 7. The summed E-state index contributed by atoms with van der Waals surface area (Å²) in [5.74, 6) is -1.53. The number of hydrogen-bond donors (Lipinski definition) is 2. The van der Waals surface area contributed by atoms with Crippen LogP contribution in [0.5, 0.6) is 17.2 Å². The number of likely N-dealkylation sites (N-methyl/N-ethyl adjacent to an activating group) is 1. The molecule has 0 aromatic heterocycles. The number of carbonyl (C=O) groups is 2. The third-order valence-electron chi connectivity index (χ3n) is 6.49. The maximum Gasteiger partial charge on any atom is 0.490 e. The molecule has 0 unspecified atom stereocenters. The van der Waals surface area contributed by atoms with Crippen LogP contribution < -0.4 is 14.4 Å². The van der Waals surface area contributed by atoms with Gasteiger partial charge in [-0.25, -0.2) is 4.79 Å². The van der Waals surface area contributed by atoms with Gasteiger partial charge >= 0.3 is 12.1 Å². The SMILES string of the molecule is COc1ccc(/C=C/C(=O)Cc2ccccc2COc2ccc(N3CCN(C)CC3)cc2)cc1O.O=C(O)C(F)(F)F. The fourth-order valence-electron chi connectivity index (χ4n) is 4.10. The molecule has 3 aromatic rings. The normalized spacial score (nSPS) is 13.8. The van der Waals surface area contributed by atoms with E-state index in [9.17, 15) is 23.1 Å². The highest BCUT2D eigenvalue weighted by Gasteiger charge is 2.38. The Hall–Kier alpha value is -4.51. The molecule has 0 saturated carbocycles. The Kier molecular flexibility index (Phi) is 11.4. The summed E-state index contributed by atoms with van der Waals surface area (Å²) >= 11 is 0. The van der Waals surface area contributed by atoms with Gasteiger partial charge in [-0.1, -0.05) is 36.4 Å². The first-order valence-corrected chi connectivity index (χ1v) is 13.1. The second-order valence-electron chi connectivity index (χ2n) is 9.55. The number of alkyl halides is 3. The number of halogens is 3. The molecule has 0 amide bonds. The highest BCUT2D eigenvalue weighted by Crippen LogP contribution is 2.27. The summed E-state index contributed by atoms with van der Waals surface area (Å²) in [6.07, 6.45) is -1.57. The van der Waals surface area contributed by atoms with Crippen molar-refractivity contribution in [2.45, 2.75) is 19.2 Å². The van der Waals surface area contributed by atoms with Crippen molar-refractivity contribution in [3.05, 3.63) is 89.5 Å². The fraction of sp³-hybridized carbons (Fsp3) is 0.290. The Balaban J connectivity index is 0.000000616. The average molecular weight is 587 g/mol. The number of benzene rings is 3. The molecule has 224 valence electrons. The maximum atomic E-state index is 12.6. The molecule has 11 heteroatoms. The Bertz CT molecular complexity index is 1370. The molecule has 0 bridgehead atoms. The number of piperazine rings is 1. The van der Waals surface area contributed by atoms with Crippen molar-refractivity contribution in [2.75, 3.05) is 45.2 Å². The molecule has 2 N–H and O–H groups in total. The average Bonchev–Trinajstić information content (AvgIpc) is 2.96. The molecule has 0 radical (unpaired) electrons. The van der Waals surface area contributed by atoms with E-state index < -0.39 is 12.1 Å². The molecule has 0 spiro atoms. The number of anilines is 1. The third-order valence-corrected chi connectivity index (χ3v) is 6.49. The number of carboxylic acid groups (broad SMARTS) is 1. The molecule has 1 saturated heterocycles. The molecule has 4 rings (SSSR count). The summed E-state index contributed by atoms with van der Waals surface area (Å²) < 4.78 is 42.8. The number of aromatic hydroxyl groups is 1. The minimum absolute atomic E-state index is 0.0238. The van der Waals surface area contributed by atoms with Gasteiger partial charge in [0.1, 0.15) is 12.4 Å². The predicted octanol–water partition coefficient (Wildman–Crippen LogP) is 5.19. The molecule has 0 atom stereocenters. The van der Waals surface area contributed by atoms with Crippen LogP contribution in [0, 0.1) is 0 Å². The minimum atomic E-state index is -5.08. The second-order valence-corrected chi connectivity index (χ2v) is 9.55. The molecular formula is C31H33F3N2O6. The van der Waals surface area contributed by atoms with Gasteiger partial charge in [0.15, 0.2) is 17.3 Å². The Labute approximate surface area is 242 Å². The first-order valence-electron chi connectivity index (χ1n) is 13.1. The highest BCUT2D eigenvalue weighted by atomic mass is 19.4. The number of phenols is 1. The summed E-state index contributed by atoms with van der Waals surface area (Å²) in [4.78, 5) is 26.2. The number of ketones is 1. The van der Waals surface area contributed by atoms with Crippen molar-refractivity contribution in [2.24, 2.45) is 0 Å². The van der Waals surface area contributed by atoms with Gasteiger partial charge in [0.2, 0.25) is 0 Å². The smallest absolute Gasteiger partial charge is 0.490 e. The quantitative estimate of drug-likeness (QED) is 0.331. The number of carbonyl (C=O) groups excluding carboxylic acids is 1. The van der Waals surface area contributed by atoms with Gasteiger partial charge in [-0.05, 0) is 66.2 Å². The zero-order valence-electron chi connectivity index (χ0n) is 23.3. The number of rotatable bonds is 9. The van der Waals surface area contributed by atoms with Gasteiger partial charge in [-0.15, -0.1) is 0 Å². The van der Waals surface area contributed by atoms with Crippen molar-refractivity contribution >= 4 is 23.5 Å². The van der Waals surface area contributed by atoms with Crippen molar-refractivity contribution in [3.8, 4) is 17.2 Å². The Morgan fingerprint density at radius 3 is 2.14 bits per heavy atom. The largest absolute Gasteiger partial charge is 0.504 e. The van der Waals surface area contributed by atoms with Crippen molar-refractivity contribution in [1.82, 2.24) is 4.90 Å². The molecule has 3 aromatic carbocycles. The monoisotopic (exact) mass is 586 g/mol. The number of phenolic OH excluding ortho intramolecular Hbond substituents is 1. The van der Waals surface area contributed by atoms with Crippen LogP contribution in [0.25, 0.3) is 6.08 Å². The van der Waals surface area contributed by atoms with E-state index in [0.29, 0.717) is 12.4 Å². The number of ether oxygens (including phenoxy) is 2. The predicted molar refractivity (Wildman–Crippen MR) is 153 cm³/mol. The van der Waals surface area contributed by atoms with Gasteiger partial charge in [0, 0.05) is 38.3 Å². The van der Waals surface area contributed by atoms with Crippen LogP contribution in [0.3, 0.4) is 0 Å². The molecule has 1 aliphatic heterocycles. The zero-order chi connectivity index (χ0) is 30.7. The standard InChI is InChI=1S/C29H32N2O4.C2HF3O2/c1-30-15-17-31(18-16-30)25-9-12-27(13-10-25)35-21-24-6-4-3-5-23(24)20-26(32)11-7-22-8-14-29(34-2)28(33)19-22;3-2(4,5)1(6)7/h3-14,19,33H,15-18,20-21H2,1-2H3;(H,6,7)/b11-7+;. The van der Waals surface area contributed by atoms with E-state index in [4.69, 9.17) is 19.4 Å². The van der Waals surface area contributed by atoms with Crippen molar-refractivity contribution in [1.29, 1.82) is 0 Å². The van der Waals surface area contributed by atoms with Crippen LogP contribution in [0.2, 0.25) is 0 Å². The molecule has 8 nitrogen and oxygen atoms in total. The third kappa shape index (κ3) is 9.84. The fourth-order valence-corrected chi connectivity index (χ4v) is 4.10. The van der Waals surface area contributed by atoms with E-state index in [0.717, 1.165) is 48.6 Å². The molecule has 1 fully saturated rings. The molecule has 0 aliphatic carbocycles. The summed E-state index contributed by atoms with van der Waals surface area (Å²) in [5, 5.41) is 17.0. The minimum Gasteiger partial charge on any atom is -0.504 e. The first-order chi connectivity index (χ1) is 20.0. The van der Waals surface area contributed by atoms with E-state index in [1.54, 1.807) is 24.3 Å². The lowest BCUT2D eigenvalue weighted by atomic mass is 10.0. The number of methoxy groups -OCH3 is 1. The molecule has 42 heavy (non-hydrogen) atoms. The number of nitrogens with zero attached hydrogens (tertiary/aromatic N) is 2. The number of carboxylic acids is 1. The van der Waals surface area contributed by atoms with Gasteiger partial charge in [0.05, 0.1) is 7.11 Å². The molecule has 1 aliphatic rings. The summed E-state index contributed by atoms with van der Waals surface area (Å²) in [6.45, 7) is 4.61. The lowest BCUT2D eigenvalue weighted by Gasteiger charge is -2.34. The molecule has 1 heterocycles. The van der Waals surface area contributed by atoms with Crippen LogP contribution >= 0.6 is 0 Å². The maximum absolute atomic E-state index is 12.6. The summed E-state index contributed by atoms with van der Waals surface area (Å²) in [7, 11) is 3.65.